The molecule has 0 aliphatic carbocycles. The Hall–Kier alpha value is -6.18. The highest BCUT2D eigenvalue weighted by Crippen LogP contribution is 2.37. The van der Waals surface area contributed by atoms with Gasteiger partial charge in [-0.25, -0.2) is 9.48 Å². The lowest BCUT2D eigenvalue weighted by molar-refractivity contribution is -0.148. The number of hydrogen-bond acceptors (Lipinski definition) is 18. The molecule has 2 heterocycles. The minimum Gasteiger partial charge on any atom is -0.453 e. The first-order valence-corrected chi connectivity index (χ1v) is 35.7. The fourth-order valence-electron chi connectivity index (χ4n) is 13.0. The molecule has 96 heavy (non-hydrogen) atoms. The van der Waals surface area contributed by atoms with Crippen LogP contribution < -0.4 is 16.0 Å². The first-order chi connectivity index (χ1) is 44.5. The molecule has 1 fully saturated rings. The number of likely N-dealkylation sites (N-methyl/N-ethyl adjacent to an activating group) is 3. The third-order valence-electron chi connectivity index (χ3n) is 18.9. The van der Waals surface area contributed by atoms with E-state index in [1.165, 1.54) is 80.5 Å². The summed E-state index contributed by atoms with van der Waals surface area (Å²) in [6.07, 6.45) is -0.724. The van der Waals surface area contributed by atoms with Crippen LogP contribution in [0.1, 0.15) is 201 Å². The third kappa shape index (κ3) is 25.9. The zero-order valence-corrected chi connectivity index (χ0v) is 63.1. The number of carbonyl (C=O) groups is 12. The van der Waals surface area contributed by atoms with Crippen molar-refractivity contribution >= 4 is 82.2 Å². The van der Waals surface area contributed by atoms with Crippen molar-refractivity contribution in [1.82, 2.24) is 55.8 Å². The van der Waals surface area contributed by atoms with Crippen molar-refractivity contribution in [2.75, 3.05) is 47.6 Å². The quantitative estimate of drug-likeness (QED) is 0.0691. The van der Waals surface area contributed by atoms with Gasteiger partial charge < -0.3 is 45.4 Å². The lowest BCUT2D eigenvalue weighted by Crippen LogP contribution is -2.61. The molecule has 1 saturated heterocycles. The van der Waals surface area contributed by atoms with E-state index in [1.54, 1.807) is 74.0 Å². The normalized spacial score (nSPS) is 25.9. The number of nitrogens with one attached hydrogen (secondary N) is 3. The molecule has 0 aromatic carbocycles. The van der Waals surface area contributed by atoms with Crippen LogP contribution in [0.3, 0.4) is 0 Å². The SMILES string of the molecule is CC[C@@H]1NC(=O)[C@H]([C@H](O)[C@H](C)CCCCCSc2nnnn2C)NC(=O)[C@H](C(C)C)N(C)C(=O)[C@H](CC(C)C)CC(=O)[C@H](CC(C)C)N(C)C(=O)[C@@H](C)NC(=O)[C@H](C)CC(=O)[C@H](CC(C)C)N(C)C(=O)[C@H](C(C)C)CC(=O)[C@H](C(C)(C)CN(C)C(=O)OC)CC(=O)[C@@H](C)CC1=O. The van der Waals surface area contributed by atoms with Gasteiger partial charge in [-0.15, -0.1) is 5.10 Å². The summed E-state index contributed by atoms with van der Waals surface area (Å²) >= 11 is 1.50. The standard InChI is InChI=1S/C70H121N11O14S/c1-24-51-56(84)33-45(13)54(82)37-50(70(16,17)38-77(18)69(94)95-23)55(83)36-49(42(8)9)67(93)79(20)52(31-40(4)5)57(85)34-46(14)62(88)71-47(15)65(91)78(19)53(32-41(6)7)58(86)35-48(30-39(2)3)66(92)80(21)60(43(10)11)64(90)73-59(63(89)72-51)61(87)44(12)28-26-25-27-29-96-68-74-75-76-81(68)22/h39-53,59-61,87H,24-38H2,1-23H3,(H,71,88)(H,72,89)(H,73,90)/t44-,45+,46-,47-,48-,49+,50-,51+,52+,53+,59+,60+,61-/m1/s1. The fraction of sp³-hybridized carbons (Fsp3) is 0.814. The Kier molecular flexibility index (Phi) is 35.8. The van der Waals surface area contributed by atoms with Gasteiger partial charge in [-0.05, 0) is 96.8 Å². The van der Waals surface area contributed by atoms with E-state index in [4.69, 9.17) is 4.74 Å². The van der Waals surface area contributed by atoms with Crippen LogP contribution in [0.25, 0.3) is 0 Å². The molecule has 1 aromatic heterocycles. The summed E-state index contributed by atoms with van der Waals surface area (Å²) in [7, 11) is 8.85. The number of rotatable bonds is 21. The molecule has 13 atom stereocenters. The van der Waals surface area contributed by atoms with E-state index in [1.807, 2.05) is 41.5 Å². The van der Waals surface area contributed by atoms with Crippen molar-refractivity contribution in [2.45, 2.75) is 249 Å². The summed E-state index contributed by atoms with van der Waals surface area (Å²) in [6.45, 7) is 29.7. The minimum atomic E-state index is -1.66. The van der Waals surface area contributed by atoms with Crippen LogP contribution >= 0.6 is 11.8 Å². The molecule has 0 saturated carbocycles. The number of ether oxygens (including phenoxy) is 1. The van der Waals surface area contributed by atoms with Gasteiger partial charge in [0.1, 0.15) is 29.7 Å². The highest BCUT2D eigenvalue weighted by molar-refractivity contribution is 7.99. The number of aliphatic hydroxyl groups is 1. The smallest absolute Gasteiger partial charge is 0.409 e. The van der Waals surface area contributed by atoms with Crippen molar-refractivity contribution in [2.24, 2.45) is 77.6 Å². The van der Waals surface area contributed by atoms with E-state index in [0.29, 0.717) is 18.0 Å². The van der Waals surface area contributed by atoms with Crippen LogP contribution in [0.5, 0.6) is 0 Å². The molecule has 0 spiro atoms. The fourth-order valence-corrected chi connectivity index (χ4v) is 13.8. The van der Waals surface area contributed by atoms with Gasteiger partial charge in [-0.2, -0.15) is 0 Å². The van der Waals surface area contributed by atoms with Gasteiger partial charge in [0.2, 0.25) is 40.6 Å². The van der Waals surface area contributed by atoms with Crippen LogP contribution in [-0.4, -0.2) is 205 Å². The number of aromatic nitrogens is 4. The Morgan fingerprint density at radius 2 is 1.19 bits per heavy atom. The predicted molar refractivity (Wildman–Crippen MR) is 368 cm³/mol. The average Bonchev–Trinajstić information content (AvgIpc) is 0.899. The molecule has 0 bridgehead atoms. The molecule has 546 valence electrons. The van der Waals surface area contributed by atoms with Gasteiger partial charge in [-0.3, -0.25) is 52.7 Å². The number of methoxy groups -OCH3 is 1. The third-order valence-corrected chi connectivity index (χ3v) is 20.0. The second-order valence-electron chi connectivity index (χ2n) is 30.0. The number of ketones is 5. The lowest BCUT2D eigenvalue weighted by atomic mass is 9.70. The van der Waals surface area contributed by atoms with Crippen molar-refractivity contribution < 1.29 is 67.4 Å². The number of thioether (sulfide) groups is 1. The van der Waals surface area contributed by atoms with Gasteiger partial charge >= 0.3 is 6.09 Å². The first kappa shape index (κ1) is 85.9. The monoisotopic (exact) mass is 1370 g/mol. The zero-order chi connectivity index (χ0) is 73.5. The molecule has 26 heteroatoms. The van der Waals surface area contributed by atoms with Crippen LogP contribution in [0.2, 0.25) is 0 Å². The van der Waals surface area contributed by atoms with E-state index in [2.05, 4.69) is 31.5 Å². The summed E-state index contributed by atoms with van der Waals surface area (Å²) in [5.41, 5.74) is -1.14. The Morgan fingerprint density at radius 3 is 1.70 bits per heavy atom. The van der Waals surface area contributed by atoms with Crippen LogP contribution in [0.4, 0.5) is 4.79 Å². The predicted octanol–water partition coefficient (Wildman–Crippen LogP) is 7.33. The molecule has 1 aliphatic rings. The van der Waals surface area contributed by atoms with Gasteiger partial charge in [0.15, 0.2) is 17.3 Å². The topological polar surface area (TPSA) is 327 Å². The number of unbranched alkanes of at least 4 members (excludes halogenated alkanes) is 2. The van der Waals surface area contributed by atoms with Crippen LogP contribution in [0.15, 0.2) is 5.16 Å². The maximum absolute atomic E-state index is 15.1. The largest absolute Gasteiger partial charge is 0.453 e. The van der Waals surface area contributed by atoms with E-state index < -0.39 is 178 Å². The second-order valence-corrected chi connectivity index (χ2v) is 31.0. The van der Waals surface area contributed by atoms with E-state index >= 15 is 9.59 Å². The van der Waals surface area contributed by atoms with E-state index in [0.717, 1.165) is 18.6 Å². The number of tetrazole rings is 1. The van der Waals surface area contributed by atoms with Gasteiger partial charge in [0.25, 0.3) is 0 Å². The van der Waals surface area contributed by atoms with Gasteiger partial charge in [0.05, 0.1) is 31.3 Å². The number of amides is 7. The minimum absolute atomic E-state index is 0.0355. The second kappa shape index (κ2) is 40.0. The van der Waals surface area contributed by atoms with Gasteiger partial charge in [0, 0.05) is 109 Å². The maximum atomic E-state index is 15.1. The highest BCUT2D eigenvalue weighted by atomic mass is 32.2. The Bertz CT molecular complexity index is 2790. The number of Topliss-reactive ketones (excluding diaryl/α,β-unsaturated/α-hetero) is 5. The maximum Gasteiger partial charge on any atom is 0.409 e. The zero-order valence-electron chi connectivity index (χ0n) is 62.2. The Morgan fingerprint density at radius 1 is 0.635 bits per heavy atom. The van der Waals surface area contributed by atoms with E-state index in [9.17, 15) is 53.1 Å². The molecule has 0 radical (unpaired) electrons. The molecule has 25 nitrogen and oxygen atoms in total. The van der Waals surface area contributed by atoms with Crippen molar-refractivity contribution in [3.63, 3.8) is 0 Å². The highest BCUT2D eigenvalue weighted by Gasteiger charge is 2.45. The molecule has 2 rings (SSSR count). The molecule has 1 aliphatic heterocycles. The molecule has 7 amide bonds. The van der Waals surface area contributed by atoms with Crippen molar-refractivity contribution in [3.8, 4) is 0 Å². The summed E-state index contributed by atoms with van der Waals surface area (Å²) in [5.74, 6) is -12.7. The lowest BCUT2D eigenvalue weighted by Gasteiger charge is -2.38. The summed E-state index contributed by atoms with van der Waals surface area (Å²) in [4.78, 5) is 180. The Balaban J connectivity index is 2.93. The molecular weight excluding hydrogens is 1250 g/mol. The molecular formula is C70H121N11O14S. The molecule has 1 aromatic rings. The van der Waals surface area contributed by atoms with E-state index in [-0.39, 0.29) is 69.2 Å². The Labute approximate surface area is 576 Å². The average molecular weight is 1370 g/mol. The summed E-state index contributed by atoms with van der Waals surface area (Å²) < 4.78 is 6.56. The van der Waals surface area contributed by atoms with Gasteiger partial charge in [-0.1, -0.05) is 135 Å². The van der Waals surface area contributed by atoms with Crippen LogP contribution in [0, 0.1) is 70.5 Å². The molecule has 0 unspecified atom stereocenters. The number of hydrogen-bond donors (Lipinski definition) is 4. The number of carbonyl (C=O) groups excluding carboxylic acids is 12. The number of aliphatic hydroxyl groups excluding tert-OH is 1. The number of aryl methyl sites for hydroxylation is 1. The molecule has 4 N–H and O–H groups in total. The summed E-state index contributed by atoms with van der Waals surface area (Å²) in [6, 6.07) is -7.40. The van der Waals surface area contributed by atoms with Crippen molar-refractivity contribution in [3.05, 3.63) is 0 Å². The first-order valence-electron chi connectivity index (χ1n) is 34.7. The van der Waals surface area contributed by atoms with Crippen LogP contribution in [-0.2, 0) is 64.5 Å². The summed E-state index contributed by atoms with van der Waals surface area (Å²) in [5, 5.41) is 32.8. The van der Waals surface area contributed by atoms with Crippen molar-refractivity contribution in [1.29, 1.82) is 0 Å². The number of nitrogens with zero attached hydrogens (tertiary/aromatic N) is 8.